The van der Waals surface area contributed by atoms with Gasteiger partial charge in [0.1, 0.15) is 5.75 Å². The molecule has 2 heterocycles. The number of benzene rings is 1. The van der Waals surface area contributed by atoms with Crippen molar-refractivity contribution in [2.45, 2.75) is 31.1 Å². The minimum atomic E-state index is 0.499. The van der Waals surface area contributed by atoms with Crippen LogP contribution in [0.2, 0.25) is 0 Å². The molecule has 3 rings (SSSR count). The van der Waals surface area contributed by atoms with Crippen molar-refractivity contribution in [2.75, 3.05) is 26.0 Å². The van der Waals surface area contributed by atoms with Crippen LogP contribution < -0.4 is 10.1 Å². The minimum Gasteiger partial charge on any atom is -0.496 e. The summed E-state index contributed by atoms with van der Waals surface area (Å²) < 4.78 is 5.48. The Hall–Kier alpha value is -0.670. The van der Waals surface area contributed by atoms with Crippen molar-refractivity contribution < 1.29 is 4.74 Å². The molecule has 2 aliphatic rings. The van der Waals surface area contributed by atoms with Crippen molar-refractivity contribution >= 4 is 11.8 Å². The van der Waals surface area contributed by atoms with Gasteiger partial charge in [-0.05, 0) is 67.2 Å². The number of rotatable bonds is 1. The van der Waals surface area contributed by atoms with Crippen molar-refractivity contribution in [1.29, 1.82) is 0 Å². The van der Waals surface area contributed by atoms with Gasteiger partial charge in [0.15, 0.2) is 0 Å². The van der Waals surface area contributed by atoms with E-state index >= 15 is 0 Å². The van der Waals surface area contributed by atoms with Crippen molar-refractivity contribution in [3.63, 3.8) is 0 Å². The van der Waals surface area contributed by atoms with Crippen molar-refractivity contribution in [1.82, 2.24) is 5.32 Å². The fourth-order valence-electron chi connectivity index (χ4n) is 3.23. The van der Waals surface area contributed by atoms with Gasteiger partial charge in [-0.1, -0.05) is 0 Å². The third kappa shape index (κ3) is 2.14. The summed E-state index contributed by atoms with van der Waals surface area (Å²) in [5.74, 6) is 2.29. The molecule has 1 unspecified atom stereocenters. The largest absolute Gasteiger partial charge is 0.496 e. The zero-order valence-electron chi connectivity index (χ0n) is 11.2. The Morgan fingerprint density at radius 3 is 2.94 bits per heavy atom. The normalized spacial score (nSPS) is 27.0. The molecule has 1 saturated heterocycles. The van der Waals surface area contributed by atoms with Gasteiger partial charge in [0, 0.05) is 11.4 Å². The molecule has 2 aliphatic heterocycles. The molecule has 18 heavy (non-hydrogen) atoms. The fraction of sp³-hybridized carbons (Fsp3) is 0.600. The second kappa shape index (κ2) is 4.78. The van der Waals surface area contributed by atoms with Crippen LogP contribution in [0.4, 0.5) is 0 Å². The van der Waals surface area contributed by atoms with E-state index in [2.05, 4.69) is 24.4 Å². The lowest BCUT2D eigenvalue weighted by Gasteiger charge is -2.26. The molecule has 0 bridgehead atoms. The Balaban J connectivity index is 1.98. The highest BCUT2D eigenvalue weighted by molar-refractivity contribution is 7.99. The van der Waals surface area contributed by atoms with Crippen LogP contribution in [0.15, 0.2) is 17.0 Å². The molecule has 0 radical (unpaired) electrons. The second-order valence-corrected chi connectivity index (χ2v) is 6.77. The molecule has 1 N–H and O–H groups in total. The minimum absolute atomic E-state index is 0.499. The molecule has 1 spiro atoms. The first-order valence-electron chi connectivity index (χ1n) is 6.73. The summed E-state index contributed by atoms with van der Waals surface area (Å²) in [4.78, 5) is 1.47. The average molecular weight is 263 g/mol. The Kier molecular flexibility index (Phi) is 3.29. The molecule has 1 fully saturated rings. The van der Waals surface area contributed by atoms with Gasteiger partial charge in [-0.15, -0.1) is 11.8 Å². The first-order valence-corrected chi connectivity index (χ1v) is 7.72. The number of methoxy groups -OCH3 is 1. The molecule has 0 saturated carbocycles. The summed E-state index contributed by atoms with van der Waals surface area (Å²) >= 11 is 2.02. The highest BCUT2D eigenvalue weighted by Crippen LogP contribution is 2.43. The van der Waals surface area contributed by atoms with Crippen LogP contribution in [0.5, 0.6) is 5.75 Å². The van der Waals surface area contributed by atoms with Gasteiger partial charge in [-0.3, -0.25) is 0 Å². The first kappa shape index (κ1) is 12.4. The zero-order valence-corrected chi connectivity index (χ0v) is 12.0. The molecule has 2 nitrogen and oxygen atoms in total. The van der Waals surface area contributed by atoms with E-state index in [-0.39, 0.29) is 0 Å². The molecular formula is C15H21NOS. The molecule has 98 valence electrons. The van der Waals surface area contributed by atoms with Gasteiger partial charge in [-0.25, -0.2) is 0 Å². The van der Waals surface area contributed by atoms with E-state index < -0.39 is 0 Å². The molecule has 0 amide bonds. The Labute approximate surface area is 113 Å². The summed E-state index contributed by atoms with van der Waals surface area (Å²) in [6, 6.07) is 4.57. The van der Waals surface area contributed by atoms with Crippen LogP contribution in [-0.2, 0) is 6.42 Å². The summed E-state index contributed by atoms with van der Waals surface area (Å²) in [5.41, 5.74) is 3.24. The van der Waals surface area contributed by atoms with Crippen LogP contribution in [-0.4, -0.2) is 26.0 Å². The summed E-state index contributed by atoms with van der Waals surface area (Å²) in [5, 5.41) is 3.54. The third-order valence-corrected chi connectivity index (χ3v) is 5.46. The van der Waals surface area contributed by atoms with E-state index in [1.165, 1.54) is 54.1 Å². The highest BCUT2D eigenvalue weighted by atomic mass is 32.2. The molecule has 1 aromatic carbocycles. The smallest absolute Gasteiger partial charge is 0.122 e. The van der Waals surface area contributed by atoms with E-state index in [9.17, 15) is 0 Å². The number of hydrogen-bond acceptors (Lipinski definition) is 3. The molecule has 1 atom stereocenters. The third-order valence-electron chi connectivity index (χ3n) is 4.37. The number of fused-ring (bicyclic) bond motifs is 1. The maximum atomic E-state index is 5.48. The van der Waals surface area contributed by atoms with Gasteiger partial charge in [-0.2, -0.15) is 0 Å². The van der Waals surface area contributed by atoms with Crippen LogP contribution in [0.1, 0.15) is 24.0 Å². The monoisotopic (exact) mass is 263 g/mol. The van der Waals surface area contributed by atoms with E-state index in [0.29, 0.717) is 5.41 Å². The molecule has 1 aromatic rings. The van der Waals surface area contributed by atoms with Crippen LogP contribution in [0, 0.1) is 12.3 Å². The first-order chi connectivity index (χ1) is 8.72. The van der Waals surface area contributed by atoms with Gasteiger partial charge in [0.2, 0.25) is 0 Å². The summed E-state index contributed by atoms with van der Waals surface area (Å²) in [6.07, 6.45) is 3.86. The van der Waals surface area contributed by atoms with E-state index in [4.69, 9.17) is 4.74 Å². The number of ether oxygens (including phenoxy) is 1. The number of aryl methyl sites for hydroxylation is 1. The van der Waals surface area contributed by atoms with E-state index in [0.717, 1.165) is 5.75 Å². The van der Waals surface area contributed by atoms with Gasteiger partial charge >= 0.3 is 0 Å². The lowest BCUT2D eigenvalue weighted by atomic mass is 9.78. The SMILES string of the molecule is COc1cc2c(cc1C)SCCC1(CCNC1)C2. The highest BCUT2D eigenvalue weighted by Gasteiger charge is 2.36. The van der Waals surface area contributed by atoms with Crippen molar-refractivity contribution in [3.8, 4) is 5.75 Å². The van der Waals surface area contributed by atoms with Gasteiger partial charge in [0.25, 0.3) is 0 Å². The predicted molar refractivity (Wildman–Crippen MR) is 76.7 cm³/mol. The predicted octanol–water partition coefficient (Wildman–Crippen LogP) is 3.02. The molecular weight excluding hydrogens is 242 g/mol. The van der Waals surface area contributed by atoms with Gasteiger partial charge in [0.05, 0.1) is 7.11 Å². The van der Waals surface area contributed by atoms with Crippen molar-refractivity contribution in [2.24, 2.45) is 5.41 Å². The van der Waals surface area contributed by atoms with Crippen LogP contribution in [0.25, 0.3) is 0 Å². The Morgan fingerprint density at radius 1 is 1.33 bits per heavy atom. The second-order valence-electron chi connectivity index (χ2n) is 5.63. The topological polar surface area (TPSA) is 21.3 Å². The molecule has 0 aromatic heterocycles. The van der Waals surface area contributed by atoms with Crippen molar-refractivity contribution in [3.05, 3.63) is 23.3 Å². The maximum Gasteiger partial charge on any atom is 0.122 e. The molecule has 3 heteroatoms. The standard InChI is InChI=1S/C15H21NOS/c1-11-7-14-12(8-13(11)17-2)9-15(4-6-18-14)3-5-16-10-15/h7-8,16H,3-6,9-10H2,1-2H3. The number of hydrogen-bond donors (Lipinski definition) is 1. The Morgan fingerprint density at radius 2 is 2.22 bits per heavy atom. The Bertz CT molecular complexity index is 452. The average Bonchev–Trinajstić information content (AvgIpc) is 2.73. The quantitative estimate of drug-likeness (QED) is 0.841. The lowest BCUT2D eigenvalue weighted by molar-refractivity contribution is 0.310. The molecule has 0 aliphatic carbocycles. The number of thioether (sulfide) groups is 1. The maximum absolute atomic E-state index is 5.48. The summed E-state index contributed by atoms with van der Waals surface area (Å²) in [7, 11) is 1.77. The zero-order chi connectivity index (χ0) is 12.6. The van der Waals surface area contributed by atoms with Crippen LogP contribution in [0.3, 0.4) is 0 Å². The van der Waals surface area contributed by atoms with E-state index in [1.54, 1.807) is 7.11 Å². The lowest BCUT2D eigenvalue weighted by Crippen LogP contribution is -2.26. The fourth-order valence-corrected chi connectivity index (χ4v) is 4.56. The van der Waals surface area contributed by atoms with Gasteiger partial charge < -0.3 is 10.1 Å². The summed E-state index contributed by atoms with van der Waals surface area (Å²) in [6.45, 7) is 4.50. The van der Waals surface area contributed by atoms with Crippen LogP contribution >= 0.6 is 11.8 Å². The van der Waals surface area contributed by atoms with E-state index in [1.807, 2.05) is 11.8 Å². The number of nitrogens with one attached hydrogen (secondary N) is 1.